The van der Waals surface area contributed by atoms with Crippen molar-refractivity contribution in [2.45, 2.75) is 71.6 Å². The normalized spacial score (nSPS) is 14.3. The van der Waals surface area contributed by atoms with E-state index in [-0.39, 0.29) is 10.8 Å². The molecule has 1 aliphatic rings. The first-order valence-corrected chi connectivity index (χ1v) is 13.2. The molecule has 9 heteroatoms. The van der Waals surface area contributed by atoms with Crippen LogP contribution in [0, 0.1) is 0 Å². The second kappa shape index (κ2) is 8.81. The number of rotatable bonds is 2. The Morgan fingerprint density at radius 3 is 1.35 bits per heavy atom. The number of fused-ring (bicyclic) bond motifs is 2. The fourth-order valence-electron chi connectivity index (χ4n) is 5.05. The van der Waals surface area contributed by atoms with Crippen LogP contribution in [0.25, 0.3) is 11.4 Å². The van der Waals surface area contributed by atoms with Crippen LogP contribution in [0.15, 0.2) is 68.0 Å². The molecule has 0 unspecified atom stereocenters. The van der Waals surface area contributed by atoms with Gasteiger partial charge in [0.2, 0.25) is 0 Å². The molecule has 2 aromatic carbocycles. The number of H-pyrrole nitrogens is 2. The van der Waals surface area contributed by atoms with E-state index >= 15 is 0 Å². The van der Waals surface area contributed by atoms with Crippen molar-refractivity contribution in [3.63, 3.8) is 0 Å². The van der Waals surface area contributed by atoms with E-state index in [1.165, 1.54) is 33.7 Å². The van der Waals surface area contributed by atoms with Crippen molar-refractivity contribution in [3.8, 4) is 22.9 Å². The molecule has 0 saturated carbocycles. The maximum Gasteiger partial charge on any atom is 0.333 e. The lowest BCUT2D eigenvalue weighted by Crippen LogP contribution is -2.32. The topological polar surface area (TPSA) is 119 Å². The third-order valence-corrected chi connectivity index (χ3v) is 7.59. The molecule has 0 bridgehead atoms. The number of nitrogens with one attached hydrogen (secondary N) is 2. The van der Waals surface area contributed by atoms with Crippen molar-refractivity contribution in [2.24, 2.45) is 0 Å². The van der Waals surface area contributed by atoms with E-state index in [1.54, 1.807) is 0 Å². The average molecular weight is 543 g/mol. The van der Waals surface area contributed by atoms with Crippen LogP contribution in [-0.2, 0) is 16.2 Å². The Morgan fingerprint density at radius 1 is 0.650 bits per heavy atom. The van der Waals surface area contributed by atoms with Crippen LogP contribution in [0.1, 0.15) is 77.6 Å². The van der Waals surface area contributed by atoms with Gasteiger partial charge in [0.05, 0.1) is 11.4 Å². The zero-order chi connectivity index (χ0) is 29.4. The minimum absolute atomic E-state index is 0.256. The minimum atomic E-state index is -0.619. The summed E-state index contributed by atoms with van der Waals surface area (Å²) in [4.78, 5) is 54.4. The Bertz CT molecular complexity index is 1770. The second-order valence-corrected chi connectivity index (χ2v) is 12.9. The number of nitrogens with zero attached hydrogens (tertiary/aromatic N) is 2. The fourth-order valence-corrected chi connectivity index (χ4v) is 5.05. The maximum absolute atomic E-state index is 13.0. The highest BCUT2D eigenvalue weighted by Crippen LogP contribution is 2.53. The molecule has 0 atom stereocenters. The molecule has 2 N–H and O–H groups in total. The third kappa shape index (κ3) is 4.45. The lowest BCUT2D eigenvalue weighted by molar-refractivity contribution is 0.410. The van der Waals surface area contributed by atoms with Gasteiger partial charge >= 0.3 is 11.4 Å². The lowest BCUT2D eigenvalue weighted by atomic mass is 9.71. The van der Waals surface area contributed by atoms with E-state index in [1.807, 2.05) is 12.1 Å². The van der Waals surface area contributed by atoms with Crippen LogP contribution in [0.3, 0.4) is 0 Å². The summed E-state index contributed by atoms with van der Waals surface area (Å²) in [6.45, 7) is 16.7. The molecular weight excluding hydrogens is 508 g/mol. The highest BCUT2D eigenvalue weighted by Gasteiger charge is 2.40. The smallest absolute Gasteiger partial charge is 0.333 e. The molecule has 0 aliphatic carbocycles. The summed E-state index contributed by atoms with van der Waals surface area (Å²) in [6.07, 6.45) is 2.87. The second-order valence-electron chi connectivity index (χ2n) is 12.9. The summed E-state index contributed by atoms with van der Waals surface area (Å²) >= 11 is 0. The quantitative estimate of drug-likeness (QED) is 0.389. The van der Waals surface area contributed by atoms with E-state index in [4.69, 9.17) is 4.74 Å². The van der Waals surface area contributed by atoms with Crippen LogP contribution in [0.4, 0.5) is 0 Å². The van der Waals surface area contributed by atoms with Gasteiger partial charge in [-0.3, -0.25) is 28.7 Å². The number of ether oxygens (including phenoxy) is 1. The van der Waals surface area contributed by atoms with Crippen molar-refractivity contribution >= 4 is 0 Å². The summed E-state index contributed by atoms with van der Waals surface area (Å²) in [5.41, 5.74) is 1.36. The van der Waals surface area contributed by atoms with Crippen LogP contribution < -0.4 is 27.2 Å². The van der Waals surface area contributed by atoms with Gasteiger partial charge in [-0.2, -0.15) is 0 Å². The Morgan fingerprint density at radius 2 is 1.02 bits per heavy atom. The molecule has 2 aromatic heterocycles. The molecule has 0 radical (unpaired) electrons. The molecule has 4 aromatic rings. The molecule has 208 valence electrons. The predicted molar refractivity (Wildman–Crippen MR) is 155 cm³/mol. The molecule has 0 spiro atoms. The minimum Gasteiger partial charge on any atom is -0.452 e. The molecule has 0 amide bonds. The number of aromatic nitrogens is 4. The van der Waals surface area contributed by atoms with Crippen molar-refractivity contribution in [3.05, 3.63) is 113 Å². The van der Waals surface area contributed by atoms with Gasteiger partial charge in [0.1, 0.15) is 0 Å². The number of benzene rings is 2. The molecule has 40 heavy (non-hydrogen) atoms. The first-order valence-electron chi connectivity index (χ1n) is 13.2. The van der Waals surface area contributed by atoms with Gasteiger partial charge in [0.25, 0.3) is 11.1 Å². The van der Waals surface area contributed by atoms with Crippen LogP contribution in [0.2, 0.25) is 0 Å². The molecule has 9 nitrogen and oxygen atoms in total. The number of hydrogen-bond acceptors (Lipinski definition) is 5. The molecular formula is C31H34N4O5. The van der Waals surface area contributed by atoms with Gasteiger partial charge in [-0.15, -0.1) is 0 Å². The molecule has 3 heterocycles. The van der Waals surface area contributed by atoms with Crippen molar-refractivity contribution < 1.29 is 4.74 Å². The molecule has 1 aliphatic heterocycles. The summed E-state index contributed by atoms with van der Waals surface area (Å²) in [7, 11) is 0. The van der Waals surface area contributed by atoms with E-state index < -0.39 is 27.9 Å². The van der Waals surface area contributed by atoms with Gasteiger partial charge in [0.15, 0.2) is 11.5 Å². The Balaban J connectivity index is 1.91. The third-order valence-electron chi connectivity index (χ3n) is 7.59. The summed E-state index contributed by atoms with van der Waals surface area (Å²) in [5.74, 6) is 0.892. The Labute approximate surface area is 231 Å². The van der Waals surface area contributed by atoms with Crippen molar-refractivity contribution in [2.75, 3.05) is 0 Å². The first kappa shape index (κ1) is 27.2. The maximum atomic E-state index is 13.0. The van der Waals surface area contributed by atoms with E-state index in [0.29, 0.717) is 22.9 Å². The predicted octanol–water partition coefficient (Wildman–Crippen LogP) is 4.39. The van der Waals surface area contributed by atoms with Gasteiger partial charge < -0.3 is 4.74 Å². The van der Waals surface area contributed by atoms with E-state index in [9.17, 15) is 19.2 Å². The van der Waals surface area contributed by atoms with Gasteiger partial charge in [0, 0.05) is 41.1 Å². The monoisotopic (exact) mass is 542 g/mol. The summed E-state index contributed by atoms with van der Waals surface area (Å²) in [6, 6.07) is 10.6. The van der Waals surface area contributed by atoms with Gasteiger partial charge in [-0.25, -0.2) is 9.59 Å². The SMILES string of the molecule is CC(C)(C)c1cc(-n2ccc(=O)[nH]c2=O)c2c(c1)C(C)(C)c1cc(C(C)(C)C)cc(-n3ccc(=O)[nH]c3=O)c1O2. The summed E-state index contributed by atoms with van der Waals surface area (Å²) < 4.78 is 9.42. The lowest BCUT2D eigenvalue weighted by Gasteiger charge is -2.39. The molecule has 0 saturated heterocycles. The largest absolute Gasteiger partial charge is 0.452 e. The van der Waals surface area contributed by atoms with Crippen molar-refractivity contribution in [1.82, 2.24) is 19.1 Å². The highest BCUT2D eigenvalue weighted by atomic mass is 16.5. The molecule has 5 rings (SSSR count). The van der Waals surface area contributed by atoms with Gasteiger partial charge in [-0.1, -0.05) is 67.5 Å². The number of hydrogen-bond donors (Lipinski definition) is 2. The van der Waals surface area contributed by atoms with Crippen LogP contribution in [-0.4, -0.2) is 19.1 Å². The molecule has 0 fully saturated rings. The zero-order valence-corrected chi connectivity index (χ0v) is 24.1. The Kier molecular flexibility index (Phi) is 5.98. The van der Waals surface area contributed by atoms with E-state index in [2.05, 4.69) is 77.5 Å². The van der Waals surface area contributed by atoms with Crippen LogP contribution in [0.5, 0.6) is 11.5 Å². The standard InChI is InChI=1S/C31H34N4O5/c1-29(2,3)17-13-19-25(21(15-17)34-11-9-23(36)32-27(34)38)40-26-20(31(19,7)8)14-18(30(4,5)6)16-22(26)35-12-10-24(37)33-28(35)39/h9-16H,1-8H3,(H,32,36,38)(H,33,37,39). The highest BCUT2D eigenvalue weighted by molar-refractivity contribution is 5.70. The summed E-state index contributed by atoms with van der Waals surface area (Å²) in [5, 5.41) is 0. The van der Waals surface area contributed by atoms with E-state index in [0.717, 1.165) is 22.3 Å². The van der Waals surface area contributed by atoms with Crippen molar-refractivity contribution in [1.29, 1.82) is 0 Å². The number of aromatic amines is 2. The van der Waals surface area contributed by atoms with Gasteiger partial charge in [-0.05, 0) is 34.1 Å². The Hall–Kier alpha value is -4.40. The zero-order valence-electron chi connectivity index (χ0n) is 24.1. The first-order chi connectivity index (χ1) is 18.5. The van der Waals surface area contributed by atoms with Crippen LogP contribution >= 0.6 is 0 Å². The fraction of sp³-hybridized carbons (Fsp3) is 0.355. The average Bonchev–Trinajstić information content (AvgIpc) is 2.82.